The molecule has 3 aliphatic rings. The Morgan fingerprint density at radius 1 is 1.33 bits per heavy atom. The number of para-hydroxylation sites is 1. The van der Waals surface area contributed by atoms with E-state index in [1.54, 1.807) is 11.6 Å². The van der Waals surface area contributed by atoms with Crippen LogP contribution < -0.4 is 5.32 Å². The van der Waals surface area contributed by atoms with Crippen LogP contribution in [0.5, 0.6) is 0 Å². The van der Waals surface area contributed by atoms with Crippen molar-refractivity contribution in [3.05, 3.63) is 24.3 Å². The number of aliphatic hydroxyl groups excluding tert-OH is 1. The molecule has 4 heterocycles. The minimum atomic E-state index is -1.14. The van der Waals surface area contributed by atoms with Gasteiger partial charge in [0, 0.05) is 0 Å². The lowest BCUT2D eigenvalue weighted by atomic mass is 9.71. The van der Waals surface area contributed by atoms with Gasteiger partial charge >= 0.3 is 5.97 Å². The van der Waals surface area contributed by atoms with Crippen LogP contribution in [0.3, 0.4) is 0 Å². The summed E-state index contributed by atoms with van der Waals surface area (Å²) in [5, 5.41) is 21.5. The zero-order valence-corrected chi connectivity index (χ0v) is 20.8. The quantitative estimate of drug-likeness (QED) is 0.485. The van der Waals surface area contributed by atoms with Gasteiger partial charge in [-0.25, -0.2) is 4.68 Å². The van der Waals surface area contributed by atoms with E-state index < -0.39 is 47.5 Å². The van der Waals surface area contributed by atoms with Crippen LogP contribution in [0.25, 0.3) is 11.0 Å². The molecule has 194 valence electrons. The number of carbonyl (C=O) groups is 3. The molecule has 5 rings (SSSR count). The highest BCUT2D eigenvalue weighted by Gasteiger charge is 2.75. The number of nitrogens with zero attached hydrogens (tertiary/aromatic N) is 4. The Hall–Kier alpha value is -3.05. The molecule has 2 N–H and O–H groups in total. The molecule has 11 heteroatoms. The van der Waals surface area contributed by atoms with Crippen LogP contribution in [0, 0.1) is 17.8 Å². The zero-order chi connectivity index (χ0) is 25.6. The minimum absolute atomic E-state index is 0.0521. The van der Waals surface area contributed by atoms with Crippen molar-refractivity contribution >= 4 is 28.8 Å². The largest absolute Gasteiger partial charge is 0.466 e. The number of hydrogen-bond donors (Lipinski definition) is 2. The van der Waals surface area contributed by atoms with Crippen molar-refractivity contribution in [2.24, 2.45) is 17.8 Å². The van der Waals surface area contributed by atoms with Crippen LogP contribution in [-0.2, 0) is 30.5 Å². The van der Waals surface area contributed by atoms with Crippen LogP contribution in [-0.4, -0.2) is 79.8 Å². The molecule has 0 aliphatic carbocycles. The lowest BCUT2D eigenvalue weighted by Gasteiger charge is -2.38. The molecule has 2 unspecified atom stereocenters. The number of benzene rings is 1. The van der Waals surface area contributed by atoms with Crippen molar-refractivity contribution in [1.29, 1.82) is 0 Å². The zero-order valence-electron chi connectivity index (χ0n) is 20.8. The van der Waals surface area contributed by atoms with Crippen LogP contribution in [0.2, 0.25) is 0 Å². The summed E-state index contributed by atoms with van der Waals surface area (Å²) in [6.45, 7) is 5.59. The Morgan fingerprint density at radius 2 is 2.11 bits per heavy atom. The summed E-state index contributed by atoms with van der Waals surface area (Å²) in [5.74, 6) is -2.86. The highest BCUT2D eigenvalue weighted by Crippen LogP contribution is 2.59. The summed E-state index contributed by atoms with van der Waals surface area (Å²) in [6, 6.07) is 5.84. The molecule has 1 aromatic heterocycles. The van der Waals surface area contributed by atoms with Crippen LogP contribution >= 0.6 is 0 Å². The number of fused-ring (bicyclic) bond motifs is 2. The first-order valence-corrected chi connectivity index (χ1v) is 12.7. The molecule has 0 radical (unpaired) electrons. The molecule has 0 saturated carbocycles. The van der Waals surface area contributed by atoms with Gasteiger partial charge in [-0.15, -0.1) is 5.10 Å². The monoisotopic (exact) mass is 499 g/mol. The number of rotatable bonds is 9. The number of aromatic nitrogens is 3. The Labute approximate surface area is 209 Å². The molecule has 7 atom stereocenters. The average molecular weight is 500 g/mol. The van der Waals surface area contributed by atoms with E-state index in [1.165, 1.54) is 4.90 Å². The summed E-state index contributed by atoms with van der Waals surface area (Å²) in [5.41, 5.74) is 0.325. The highest BCUT2D eigenvalue weighted by molar-refractivity contribution is 5.98. The SMILES string of the molecule is CCOC(=O)[C@@H]1[C@@H]2CCC3(O2)C(C(=O)NCn2nnc4ccccc42)N([C@@H](CO)[C@@H](C)CC)C(=O)[C@H]13. The number of ether oxygens (including phenoxy) is 2. The van der Waals surface area contributed by atoms with Gasteiger partial charge in [-0.05, 0) is 37.8 Å². The minimum Gasteiger partial charge on any atom is -0.466 e. The van der Waals surface area contributed by atoms with Gasteiger partial charge < -0.3 is 24.8 Å². The first-order valence-electron chi connectivity index (χ1n) is 12.7. The van der Waals surface area contributed by atoms with Gasteiger partial charge in [-0.1, -0.05) is 37.6 Å². The molecule has 1 aromatic carbocycles. The Morgan fingerprint density at radius 3 is 2.83 bits per heavy atom. The molecule has 11 nitrogen and oxygen atoms in total. The fourth-order valence-corrected chi connectivity index (χ4v) is 6.35. The number of amides is 2. The number of hydrogen-bond acceptors (Lipinski definition) is 8. The van der Waals surface area contributed by atoms with Crippen molar-refractivity contribution in [1.82, 2.24) is 25.2 Å². The van der Waals surface area contributed by atoms with Crippen LogP contribution in [0.15, 0.2) is 24.3 Å². The van der Waals surface area contributed by atoms with Gasteiger partial charge in [-0.2, -0.15) is 0 Å². The summed E-state index contributed by atoms with van der Waals surface area (Å²) in [4.78, 5) is 42.2. The van der Waals surface area contributed by atoms with E-state index in [9.17, 15) is 19.5 Å². The molecule has 2 amide bonds. The van der Waals surface area contributed by atoms with Crippen molar-refractivity contribution in [2.75, 3.05) is 13.2 Å². The smallest absolute Gasteiger partial charge is 0.312 e. The number of carbonyl (C=O) groups excluding carboxylic acids is 3. The lowest BCUT2D eigenvalue weighted by Crippen LogP contribution is -2.59. The summed E-state index contributed by atoms with van der Waals surface area (Å²) in [6.07, 6.45) is 1.28. The second-order valence-corrected chi connectivity index (χ2v) is 9.97. The van der Waals surface area contributed by atoms with E-state index in [0.29, 0.717) is 24.8 Å². The molecule has 3 aliphatic heterocycles. The van der Waals surface area contributed by atoms with Crippen molar-refractivity contribution in [3.8, 4) is 0 Å². The second-order valence-electron chi connectivity index (χ2n) is 9.97. The van der Waals surface area contributed by atoms with Crippen molar-refractivity contribution in [3.63, 3.8) is 0 Å². The molecule has 2 aromatic rings. The average Bonchev–Trinajstić information content (AvgIpc) is 3.62. The lowest BCUT2D eigenvalue weighted by molar-refractivity contribution is -0.156. The van der Waals surface area contributed by atoms with Gasteiger partial charge in [0.05, 0.1) is 42.7 Å². The fourth-order valence-electron chi connectivity index (χ4n) is 6.35. The topological polar surface area (TPSA) is 136 Å². The van der Waals surface area contributed by atoms with Gasteiger partial charge in [0.15, 0.2) is 0 Å². The number of nitrogens with one attached hydrogen (secondary N) is 1. The van der Waals surface area contributed by atoms with E-state index in [-0.39, 0.29) is 31.7 Å². The molecule has 3 saturated heterocycles. The van der Waals surface area contributed by atoms with E-state index in [0.717, 1.165) is 5.52 Å². The number of likely N-dealkylation sites (tertiary alicyclic amines) is 1. The van der Waals surface area contributed by atoms with Gasteiger partial charge in [0.2, 0.25) is 11.8 Å². The Balaban J connectivity index is 1.49. The molecule has 3 fully saturated rings. The molecular formula is C25H33N5O6. The van der Waals surface area contributed by atoms with Crippen LogP contribution in [0.4, 0.5) is 0 Å². The number of aliphatic hydroxyl groups is 1. The third kappa shape index (κ3) is 3.59. The highest BCUT2D eigenvalue weighted by atomic mass is 16.6. The van der Waals surface area contributed by atoms with Gasteiger partial charge in [0.25, 0.3) is 0 Å². The normalized spacial score (nSPS) is 30.4. The van der Waals surface area contributed by atoms with E-state index in [2.05, 4.69) is 15.6 Å². The Kier molecular flexibility index (Phi) is 6.46. The summed E-state index contributed by atoms with van der Waals surface area (Å²) in [7, 11) is 0. The summed E-state index contributed by atoms with van der Waals surface area (Å²) >= 11 is 0. The maximum atomic E-state index is 14.0. The second kappa shape index (κ2) is 9.44. The van der Waals surface area contributed by atoms with Crippen molar-refractivity contribution in [2.45, 2.75) is 70.5 Å². The maximum Gasteiger partial charge on any atom is 0.312 e. The number of esters is 1. The summed E-state index contributed by atoms with van der Waals surface area (Å²) < 4.78 is 13.2. The maximum absolute atomic E-state index is 14.0. The predicted octanol–water partition coefficient (Wildman–Crippen LogP) is 0.850. The molecule has 36 heavy (non-hydrogen) atoms. The Bertz CT molecular complexity index is 1170. The molecular weight excluding hydrogens is 466 g/mol. The van der Waals surface area contributed by atoms with E-state index in [4.69, 9.17) is 9.47 Å². The van der Waals surface area contributed by atoms with Gasteiger partial charge in [-0.3, -0.25) is 14.4 Å². The molecule has 2 bridgehead atoms. The van der Waals surface area contributed by atoms with Crippen molar-refractivity contribution < 1.29 is 29.0 Å². The third-order valence-electron chi connectivity index (χ3n) is 8.21. The van der Waals surface area contributed by atoms with E-state index >= 15 is 0 Å². The molecule has 1 spiro atoms. The predicted molar refractivity (Wildman–Crippen MR) is 127 cm³/mol. The first kappa shape index (κ1) is 24.6. The fraction of sp³-hybridized carbons (Fsp3) is 0.640. The van der Waals surface area contributed by atoms with Crippen LogP contribution in [0.1, 0.15) is 40.0 Å². The van der Waals surface area contributed by atoms with E-state index in [1.807, 2.05) is 38.1 Å². The third-order valence-corrected chi connectivity index (χ3v) is 8.21. The first-order chi connectivity index (χ1) is 17.4. The van der Waals surface area contributed by atoms with Gasteiger partial charge in [0.1, 0.15) is 23.8 Å². The standard InChI is InChI=1S/C25H33N5O6/c1-4-14(3)17(12-31)30-21(22(32)26-13-29-16-9-7-6-8-15(16)27-28-29)25-11-10-18(36-25)19(20(25)23(30)33)24(34)35-5-2/h6-9,14,17-21,31H,4-5,10-13H2,1-3H3,(H,26,32)/t14-,17-,18-,19+,20-,21?,25?/m0/s1.